The van der Waals surface area contributed by atoms with Crippen molar-refractivity contribution in [1.29, 1.82) is 0 Å². The molecule has 1 saturated carbocycles. The molecule has 0 aliphatic heterocycles. The summed E-state index contributed by atoms with van der Waals surface area (Å²) in [4.78, 5) is 11.3. The van der Waals surface area contributed by atoms with Gasteiger partial charge in [-0.25, -0.2) is 0 Å². The highest BCUT2D eigenvalue weighted by Gasteiger charge is 2.22. The van der Waals surface area contributed by atoms with E-state index >= 15 is 0 Å². The average molecular weight is 217 g/mol. The number of rotatable bonds is 5. The second-order valence-electron chi connectivity index (χ2n) is 3.88. The van der Waals surface area contributed by atoms with Gasteiger partial charge in [-0.15, -0.1) is 0 Å². The first-order valence-corrected chi connectivity index (χ1v) is 6.55. The first-order chi connectivity index (χ1) is 6.72. The van der Waals surface area contributed by atoms with Crippen LogP contribution in [0.1, 0.15) is 25.7 Å². The van der Waals surface area contributed by atoms with Crippen molar-refractivity contribution in [1.82, 2.24) is 5.32 Å². The highest BCUT2D eigenvalue weighted by molar-refractivity contribution is 7.98. The van der Waals surface area contributed by atoms with Crippen LogP contribution in [0, 0.1) is 5.92 Å². The highest BCUT2D eigenvalue weighted by Crippen LogP contribution is 2.24. The largest absolute Gasteiger partial charge is 0.393 e. The van der Waals surface area contributed by atoms with Crippen LogP contribution >= 0.6 is 11.8 Å². The first-order valence-electron chi connectivity index (χ1n) is 5.16. The van der Waals surface area contributed by atoms with Gasteiger partial charge in [0.25, 0.3) is 0 Å². The van der Waals surface area contributed by atoms with Crippen LogP contribution in [0.3, 0.4) is 0 Å². The molecule has 2 N–H and O–H groups in total. The molecule has 0 spiro atoms. The van der Waals surface area contributed by atoms with Gasteiger partial charge in [0.15, 0.2) is 0 Å². The minimum absolute atomic E-state index is 0.136. The number of amides is 1. The molecular weight excluding hydrogens is 198 g/mol. The maximum Gasteiger partial charge on any atom is 0.220 e. The molecule has 1 aliphatic rings. The van der Waals surface area contributed by atoms with Gasteiger partial charge in [-0.05, 0) is 31.4 Å². The zero-order chi connectivity index (χ0) is 10.4. The number of hydrogen-bond acceptors (Lipinski definition) is 3. The number of nitrogens with one attached hydrogen (secondary N) is 1. The van der Waals surface area contributed by atoms with E-state index in [4.69, 9.17) is 0 Å². The molecule has 0 saturated heterocycles. The molecule has 4 heteroatoms. The molecule has 82 valence electrons. The third-order valence-corrected chi connectivity index (χ3v) is 3.25. The number of hydrogen-bond donors (Lipinski definition) is 2. The zero-order valence-corrected chi connectivity index (χ0v) is 9.48. The van der Waals surface area contributed by atoms with Gasteiger partial charge in [0.05, 0.1) is 6.10 Å². The molecule has 1 fully saturated rings. The Morgan fingerprint density at radius 3 is 2.93 bits per heavy atom. The predicted octanol–water partition coefficient (Wildman–Crippen LogP) is 1.02. The summed E-state index contributed by atoms with van der Waals surface area (Å²) in [6, 6.07) is 0. The molecule has 1 rings (SSSR count). The van der Waals surface area contributed by atoms with Gasteiger partial charge in [-0.2, -0.15) is 11.8 Å². The molecule has 0 radical (unpaired) electrons. The topological polar surface area (TPSA) is 49.3 Å². The monoisotopic (exact) mass is 217 g/mol. The van der Waals surface area contributed by atoms with Crippen LogP contribution in [-0.4, -0.2) is 35.7 Å². The van der Waals surface area contributed by atoms with Crippen LogP contribution in [0.25, 0.3) is 0 Å². The van der Waals surface area contributed by atoms with E-state index in [0.717, 1.165) is 31.6 Å². The smallest absolute Gasteiger partial charge is 0.220 e. The molecule has 2 atom stereocenters. The second kappa shape index (κ2) is 6.30. The minimum atomic E-state index is -0.136. The van der Waals surface area contributed by atoms with Crippen molar-refractivity contribution in [2.24, 2.45) is 5.92 Å². The van der Waals surface area contributed by atoms with Crippen molar-refractivity contribution in [3.8, 4) is 0 Å². The molecule has 3 nitrogen and oxygen atoms in total. The Balaban J connectivity index is 2.05. The Morgan fingerprint density at radius 2 is 2.36 bits per heavy atom. The van der Waals surface area contributed by atoms with E-state index < -0.39 is 0 Å². The van der Waals surface area contributed by atoms with Crippen LogP contribution in [-0.2, 0) is 4.79 Å². The molecule has 0 aromatic rings. The fourth-order valence-electron chi connectivity index (χ4n) is 1.78. The Kier molecular flexibility index (Phi) is 5.33. The summed E-state index contributed by atoms with van der Waals surface area (Å²) in [5, 5.41) is 12.2. The number of carbonyl (C=O) groups is 1. The highest BCUT2D eigenvalue weighted by atomic mass is 32.2. The quantitative estimate of drug-likeness (QED) is 0.723. The summed E-state index contributed by atoms with van der Waals surface area (Å²) < 4.78 is 0. The standard InChI is InChI=1S/C10H19NO2S/c1-14-5-4-10(13)11-7-8-2-3-9(12)6-8/h8-9,12H,2-7H2,1H3,(H,11,13). The lowest BCUT2D eigenvalue weighted by atomic mass is 10.1. The van der Waals surface area contributed by atoms with Crippen molar-refractivity contribution in [2.75, 3.05) is 18.6 Å². The first kappa shape index (κ1) is 11.9. The van der Waals surface area contributed by atoms with E-state index in [2.05, 4.69) is 5.32 Å². The molecule has 1 amide bonds. The van der Waals surface area contributed by atoms with E-state index in [-0.39, 0.29) is 12.0 Å². The van der Waals surface area contributed by atoms with Gasteiger partial charge >= 0.3 is 0 Å². The fraction of sp³-hybridized carbons (Fsp3) is 0.900. The lowest BCUT2D eigenvalue weighted by Crippen LogP contribution is -2.28. The number of thioether (sulfide) groups is 1. The third kappa shape index (κ3) is 4.33. The lowest BCUT2D eigenvalue weighted by Gasteiger charge is -2.10. The molecule has 0 aromatic heterocycles. The Labute approximate surface area is 89.6 Å². The summed E-state index contributed by atoms with van der Waals surface area (Å²) in [5.74, 6) is 1.52. The number of aliphatic hydroxyl groups excluding tert-OH is 1. The zero-order valence-electron chi connectivity index (χ0n) is 8.66. The van der Waals surface area contributed by atoms with Crippen molar-refractivity contribution in [3.63, 3.8) is 0 Å². The molecule has 14 heavy (non-hydrogen) atoms. The SMILES string of the molecule is CSCCC(=O)NCC1CCC(O)C1. The summed E-state index contributed by atoms with van der Waals surface area (Å²) in [7, 11) is 0. The van der Waals surface area contributed by atoms with Crippen LogP contribution in [0.5, 0.6) is 0 Å². The average Bonchev–Trinajstić information content (AvgIpc) is 2.58. The summed E-state index contributed by atoms with van der Waals surface area (Å²) >= 11 is 1.69. The Morgan fingerprint density at radius 1 is 1.57 bits per heavy atom. The number of aliphatic hydroxyl groups is 1. The minimum Gasteiger partial charge on any atom is -0.393 e. The van der Waals surface area contributed by atoms with Gasteiger partial charge in [0, 0.05) is 18.7 Å². The van der Waals surface area contributed by atoms with E-state index in [9.17, 15) is 9.90 Å². The third-order valence-electron chi connectivity index (χ3n) is 2.63. The fourth-order valence-corrected chi connectivity index (χ4v) is 2.16. The van der Waals surface area contributed by atoms with Crippen LogP contribution in [0.4, 0.5) is 0 Å². The molecule has 0 aromatic carbocycles. The predicted molar refractivity (Wildman–Crippen MR) is 59.4 cm³/mol. The van der Waals surface area contributed by atoms with Gasteiger partial charge in [-0.1, -0.05) is 0 Å². The molecule has 0 heterocycles. The maximum atomic E-state index is 11.3. The van der Waals surface area contributed by atoms with Crippen LogP contribution < -0.4 is 5.32 Å². The summed E-state index contributed by atoms with van der Waals surface area (Å²) in [6.07, 6.45) is 5.26. The van der Waals surface area contributed by atoms with Crippen molar-refractivity contribution >= 4 is 17.7 Å². The van der Waals surface area contributed by atoms with Gasteiger partial charge in [-0.3, -0.25) is 4.79 Å². The summed E-state index contributed by atoms with van der Waals surface area (Å²) in [6.45, 7) is 0.740. The van der Waals surface area contributed by atoms with Crippen LogP contribution in [0.15, 0.2) is 0 Å². The second-order valence-corrected chi connectivity index (χ2v) is 4.87. The maximum absolute atomic E-state index is 11.3. The van der Waals surface area contributed by atoms with Gasteiger partial charge < -0.3 is 10.4 Å². The van der Waals surface area contributed by atoms with E-state index in [0.29, 0.717) is 12.3 Å². The Bertz CT molecular complexity index is 187. The molecule has 1 aliphatic carbocycles. The van der Waals surface area contributed by atoms with Crippen LogP contribution in [0.2, 0.25) is 0 Å². The molecular formula is C10H19NO2S. The van der Waals surface area contributed by atoms with E-state index in [1.54, 1.807) is 11.8 Å². The van der Waals surface area contributed by atoms with Crippen molar-refractivity contribution in [3.05, 3.63) is 0 Å². The number of carbonyl (C=O) groups excluding carboxylic acids is 1. The Hall–Kier alpha value is -0.220. The molecule has 0 bridgehead atoms. The van der Waals surface area contributed by atoms with E-state index in [1.807, 2.05) is 6.26 Å². The summed E-state index contributed by atoms with van der Waals surface area (Å²) in [5.41, 5.74) is 0. The normalized spacial score (nSPS) is 26.4. The van der Waals surface area contributed by atoms with E-state index in [1.165, 1.54) is 0 Å². The van der Waals surface area contributed by atoms with Crippen molar-refractivity contribution < 1.29 is 9.90 Å². The molecule has 2 unspecified atom stereocenters. The lowest BCUT2D eigenvalue weighted by molar-refractivity contribution is -0.120. The van der Waals surface area contributed by atoms with Crippen molar-refractivity contribution in [2.45, 2.75) is 31.8 Å². The van der Waals surface area contributed by atoms with Gasteiger partial charge in [0.1, 0.15) is 0 Å². The van der Waals surface area contributed by atoms with Gasteiger partial charge in [0.2, 0.25) is 5.91 Å².